The molecule has 3 N–H and O–H groups in total. The SMILES string of the molecule is CC[C@@H]1C[C@H](Nc2ncc(OCCCC(=O)O)c(Cc3cc(C(F)(F)F)cc(C(F)(F)F)c3)n2)c2cc(C(F)(F)F)ccc2N1C(=O)O. The van der Waals surface area contributed by atoms with Crippen molar-refractivity contribution in [2.75, 3.05) is 16.8 Å². The van der Waals surface area contributed by atoms with E-state index < -0.39 is 71.3 Å². The number of nitrogens with one attached hydrogen (secondary N) is 1. The van der Waals surface area contributed by atoms with Gasteiger partial charge in [0.25, 0.3) is 0 Å². The van der Waals surface area contributed by atoms with Crippen LogP contribution in [0.25, 0.3) is 0 Å². The summed E-state index contributed by atoms with van der Waals surface area (Å²) in [6.07, 6.45) is -16.2. The predicted octanol–water partition coefficient (Wildman–Crippen LogP) is 8.19. The van der Waals surface area contributed by atoms with E-state index in [4.69, 9.17) is 9.84 Å². The zero-order valence-electron chi connectivity index (χ0n) is 24.8. The number of aliphatic carboxylic acids is 1. The van der Waals surface area contributed by atoms with Crippen LogP contribution in [0.4, 0.5) is 55.9 Å². The van der Waals surface area contributed by atoms with E-state index in [1.807, 2.05) is 0 Å². The second-order valence-corrected chi connectivity index (χ2v) is 10.9. The summed E-state index contributed by atoms with van der Waals surface area (Å²) in [5, 5.41) is 21.6. The van der Waals surface area contributed by atoms with Gasteiger partial charge in [-0.3, -0.25) is 9.69 Å². The highest BCUT2D eigenvalue weighted by molar-refractivity contribution is 5.89. The molecule has 0 spiro atoms. The normalized spacial score (nSPS) is 16.8. The molecule has 0 unspecified atom stereocenters. The molecule has 48 heavy (non-hydrogen) atoms. The highest BCUT2D eigenvalue weighted by atomic mass is 19.4. The molecule has 0 radical (unpaired) electrons. The molecular formula is C30H27F9N4O5. The molecule has 0 fully saturated rings. The van der Waals surface area contributed by atoms with Gasteiger partial charge in [-0.2, -0.15) is 39.5 Å². The van der Waals surface area contributed by atoms with E-state index in [9.17, 15) is 54.2 Å². The molecule has 2 aromatic carbocycles. The van der Waals surface area contributed by atoms with Gasteiger partial charge in [-0.05, 0) is 66.8 Å². The molecular weight excluding hydrogens is 667 g/mol. The smallest absolute Gasteiger partial charge is 0.416 e. The number of ether oxygens (including phenoxy) is 1. The molecule has 4 rings (SSSR count). The van der Waals surface area contributed by atoms with Crippen molar-refractivity contribution >= 4 is 23.7 Å². The van der Waals surface area contributed by atoms with Gasteiger partial charge in [0.1, 0.15) is 0 Å². The van der Waals surface area contributed by atoms with Crippen molar-refractivity contribution in [2.45, 2.75) is 69.6 Å². The first kappa shape index (κ1) is 36.1. The minimum absolute atomic E-state index is 0.0184. The van der Waals surface area contributed by atoms with Crippen LogP contribution in [0.2, 0.25) is 0 Å². The fourth-order valence-electron chi connectivity index (χ4n) is 5.27. The van der Waals surface area contributed by atoms with Crippen molar-refractivity contribution in [1.29, 1.82) is 0 Å². The molecule has 1 amide bonds. The van der Waals surface area contributed by atoms with Crippen LogP contribution >= 0.6 is 0 Å². The highest BCUT2D eigenvalue weighted by Crippen LogP contribution is 2.43. The molecule has 1 aliphatic heterocycles. The standard InChI is InChI=1S/C30H27F9N4O5/c1-2-19-13-21(20-12-16(28(31,32)33)5-6-23(20)43(19)27(46)47)41-26-40-14-24(48-7-3-4-25(44)45)22(42-26)10-15-8-17(29(34,35)36)11-18(9-15)30(37,38)39/h5-6,8-9,11-12,14,19,21H,2-4,7,10,13H2,1H3,(H,44,45)(H,46,47)(H,40,41,42)/t19-,21+/m1/s1. The zero-order valence-corrected chi connectivity index (χ0v) is 24.8. The van der Waals surface area contributed by atoms with Crippen LogP contribution in [-0.4, -0.2) is 44.9 Å². The molecule has 18 heteroatoms. The summed E-state index contributed by atoms with van der Waals surface area (Å²) in [5.74, 6) is -1.63. The Balaban J connectivity index is 1.77. The van der Waals surface area contributed by atoms with Crippen molar-refractivity contribution in [3.8, 4) is 5.75 Å². The Labute approximate surface area is 266 Å². The molecule has 0 aliphatic carbocycles. The molecule has 9 nitrogen and oxygen atoms in total. The molecule has 0 saturated carbocycles. The fourth-order valence-corrected chi connectivity index (χ4v) is 5.27. The number of halogens is 9. The summed E-state index contributed by atoms with van der Waals surface area (Å²) >= 11 is 0. The summed E-state index contributed by atoms with van der Waals surface area (Å²) < 4.78 is 128. The summed E-state index contributed by atoms with van der Waals surface area (Å²) in [6.45, 7) is 1.44. The van der Waals surface area contributed by atoms with Gasteiger partial charge in [-0.25, -0.2) is 14.8 Å². The molecule has 0 saturated heterocycles. The average Bonchev–Trinajstić information content (AvgIpc) is 2.98. The number of hydrogen-bond acceptors (Lipinski definition) is 6. The first-order valence-electron chi connectivity index (χ1n) is 14.3. The van der Waals surface area contributed by atoms with Crippen molar-refractivity contribution in [2.24, 2.45) is 0 Å². The van der Waals surface area contributed by atoms with Crippen LogP contribution < -0.4 is 15.0 Å². The molecule has 2 heterocycles. The average molecular weight is 695 g/mol. The maximum atomic E-state index is 13.6. The van der Waals surface area contributed by atoms with Crippen LogP contribution in [0.3, 0.4) is 0 Å². The van der Waals surface area contributed by atoms with Crippen LogP contribution in [0.5, 0.6) is 5.75 Å². The largest absolute Gasteiger partial charge is 0.490 e. The maximum Gasteiger partial charge on any atom is 0.416 e. The lowest BCUT2D eigenvalue weighted by Gasteiger charge is -2.39. The molecule has 0 bridgehead atoms. The summed E-state index contributed by atoms with van der Waals surface area (Å²) in [6, 6.07) is 1.78. The van der Waals surface area contributed by atoms with Gasteiger partial charge in [0.05, 0.1) is 46.9 Å². The van der Waals surface area contributed by atoms with E-state index in [1.54, 1.807) is 6.92 Å². The van der Waals surface area contributed by atoms with Crippen LogP contribution in [-0.2, 0) is 29.7 Å². The highest BCUT2D eigenvalue weighted by Gasteiger charge is 2.40. The van der Waals surface area contributed by atoms with E-state index in [0.717, 1.165) is 29.3 Å². The van der Waals surface area contributed by atoms with Crippen molar-refractivity contribution in [3.05, 3.63) is 76.1 Å². The van der Waals surface area contributed by atoms with Gasteiger partial charge < -0.3 is 20.3 Å². The molecule has 1 aliphatic rings. The second kappa shape index (κ2) is 13.8. The van der Waals surface area contributed by atoms with Gasteiger partial charge in [-0.1, -0.05) is 6.92 Å². The van der Waals surface area contributed by atoms with Gasteiger partial charge in [0, 0.05) is 18.9 Å². The van der Waals surface area contributed by atoms with Gasteiger partial charge >= 0.3 is 30.6 Å². The zero-order chi connectivity index (χ0) is 35.6. The molecule has 2 atom stereocenters. The van der Waals surface area contributed by atoms with Crippen LogP contribution in [0.1, 0.15) is 72.2 Å². The minimum Gasteiger partial charge on any atom is -0.490 e. The number of benzene rings is 2. The quantitative estimate of drug-likeness (QED) is 0.143. The van der Waals surface area contributed by atoms with E-state index in [1.165, 1.54) is 0 Å². The third-order valence-electron chi connectivity index (χ3n) is 7.48. The van der Waals surface area contributed by atoms with E-state index in [-0.39, 0.29) is 67.0 Å². The van der Waals surface area contributed by atoms with Crippen molar-refractivity contribution < 1.29 is 64.1 Å². The summed E-state index contributed by atoms with van der Waals surface area (Å²) in [4.78, 5) is 32.2. The minimum atomic E-state index is -5.13. The third kappa shape index (κ3) is 8.57. The Hall–Kier alpha value is -4.77. The monoisotopic (exact) mass is 694 g/mol. The number of carboxylic acids is 1. The first-order chi connectivity index (χ1) is 22.3. The lowest BCUT2D eigenvalue weighted by molar-refractivity contribution is -0.143. The molecule has 260 valence electrons. The second-order valence-electron chi connectivity index (χ2n) is 10.9. The number of rotatable bonds is 10. The van der Waals surface area contributed by atoms with Gasteiger partial charge in [0.15, 0.2) is 5.75 Å². The van der Waals surface area contributed by atoms with E-state index >= 15 is 0 Å². The Morgan fingerprint density at radius 3 is 2.10 bits per heavy atom. The number of carboxylic acid groups (broad SMARTS) is 2. The maximum absolute atomic E-state index is 13.6. The Morgan fingerprint density at radius 1 is 0.938 bits per heavy atom. The number of nitrogens with zero attached hydrogens (tertiary/aromatic N) is 3. The number of aromatic nitrogens is 2. The summed E-state index contributed by atoms with van der Waals surface area (Å²) in [5.41, 5.74) is -4.98. The molecule has 3 aromatic rings. The topological polar surface area (TPSA) is 125 Å². The number of fused-ring (bicyclic) bond motifs is 1. The van der Waals surface area contributed by atoms with E-state index in [0.29, 0.717) is 12.1 Å². The number of carbonyl (C=O) groups is 2. The predicted molar refractivity (Wildman–Crippen MR) is 151 cm³/mol. The number of anilines is 2. The van der Waals surface area contributed by atoms with Crippen molar-refractivity contribution in [1.82, 2.24) is 9.97 Å². The van der Waals surface area contributed by atoms with Crippen molar-refractivity contribution in [3.63, 3.8) is 0 Å². The van der Waals surface area contributed by atoms with Gasteiger partial charge in [0.2, 0.25) is 5.95 Å². The number of alkyl halides is 9. The first-order valence-corrected chi connectivity index (χ1v) is 14.3. The Kier molecular flexibility index (Phi) is 10.3. The van der Waals surface area contributed by atoms with Crippen LogP contribution in [0, 0.1) is 0 Å². The number of amides is 1. The Morgan fingerprint density at radius 2 is 1.56 bits per heavy atom. The summed E-state index contributed by atoms with van der Waals surface area (Å²) in [7, 11) is 0. The third-order valence-corrected chi connectivity index (χ3v) is 7.48. The number of hydrogen-bond donors (Lipinski definition) is 3. The Bertz CT molecular complexity index is 1630. The van der Waals surface area contributed by atoms with E-state index in [2.05, 4.69) is 15.3 Å². The fraction of sp³-hybridized carbons (Fsp3) is 0.400. The lowest BCUT2D eigenvalue weighted by atomic mass is 9.89. The lowest BCUT2D eigenvalue weighted by Crippen LogP contribution is -2.45. The molecule has 1 aromatic heterocycles. The van der Waals surface area contributed by atoms with Crippen LogP contribution in [0.15, 0.2) is 42.6 Å². The van der Waals surface area contributed by atoms with Gasteiger partial charge in [-0.15, -0.1) is 0 Å².